The van der Waals surface area contributed by atoms with Crippen LogP contribution >= 0.6 is 27.7 Å². The fourth-order valence-electron chi connectivity index (χ4n) is 2.41. The van der Waals surface area contributed by atoms with E-state index in [1.165, 1.54) is 11.1 Å². The first-order valence-corrected chi connectivity index (χ1v) is 9.59. The van der Waals surface area contributed by atoms with Gasteiger partial charge in [-0.15, -0.1) is 11.8 Å². The molecule has 4 nitrogen and oxygen atoms in total. The molecule has 1 N–H and O–H groups in total. The Labute approximate surface area is 154 Å². The standard InChI is InChI=1S/C18H18BrNO3S/c1-12-3-2-4-13(7-12)10-24-11-18(21)20-15-9-17-16(8-14(15)19)22-5-6-23-17/h2-4,7-9H,5-6,10-11H2,1H3,(H,20,21). The highest BCUT2D eigenvalue weighted by Gasteiger charge is 2.16. The molecule has 1 heterocycles. The van der Waals surface area contributed by atoms with E-state index in [2.05, 4.69) is 46.4 Å². The van der Waals surface area contributed by atoms with Crippen LogP contribution in [0.15, 0.2) is 40.9 Å². The smallest absolute Gasteiger partial charge is 0.234 e. The quantitative estimate of drug-likeness (QED) is 0.797. The Hall–Kier alpha value is -1.66. The number of halogens is 1. The Balaban J connectivity index is 1.55. The minimum atomic E-state index is -0.0370. The summed E-state index contributed by atoms with van der Waals surface area (Å²) in [4.78, 5) is 12.2. The Morgan fingerprint density at radius 3 is 2.71 bits per heavy atom. The summed E-state index contributed by atoms with van der Waals surface area (Å²) in [5.41, 5.74) is 3.16. The lowest BCUT2D eigenvalue weighted by Crippen LogP contribution is -2.17. The zero-order chi connectivity index (χ0) is 16.9. The van der Waals surface area contributed by atoms with E-state index in [9.17, 15) is 4.79 Å². The summed E-state index contributed by atoms with van der Waals surface area (Å²) in [6.45, 7) is 3.13. The average Bonchev–Trinajstić information content (AvgIpc) is 2.55. The van der Waals surface area contributed by atoms with Gasteiger partial charge in [-0.2, -0.15) is 0 Å². The molecule has 2 aromatic rings. The highest BCUT2D eigenvalue weighted by Crippen LogP contribution is 2.38. The van der Waals surface area contributed by atoms with Crippen LogP contribution in [0.3, 0.4) is 0 Å². The van der Waals surface area contributed by atoms with Crippen molar-refractivity contribution in [3.8, 4) is 11.5 Å². The van der Waals surface area contributed by atoms with E-state index in [-0.39, 0.29) is 5.91 Å². The van der Waals surface area contributed by atoms with Gasteiger partial charge in [-0.25, -0.2) is 0 Å². The fourth-order valence-corrected chi connectivity index (χ4v) is 3.61. The summed E-state index contributed by atoms with van der Waals surface area (Å²) in [7, 11) is 0. The SMILES string of the molecule is Cc1cccc(CSCC(=O)Nc2cc3c(cc2Br)OCCO3)c1. The van der Waals surface area contributed by atoms with Gasteiger partial charge in [0.1, 0.15) is 13.2 Å². The molecule has 0 bridgehead atoms. The number of benzene rings is 2. The summed E-state index contributed by atoms with van der Waals surface area (Å²) in [5, 5.41) is 2.92. The third-order valence-corrected chi connectivity index (χ3v) is 5.15. The number of carbonyl (C=O) groups excluding carboxylic acids is 1. The predicted octanol–water partition coefficient (Wildman–Crippen LogP) is 4.40. The number of rotatable bonds is 5. The molecule has 24 heavy (non-hydrogen) atoms. The zero-order valence-electron chi connectivity index (χ0n) is 13.3. The lowest BCUT2D eigenvalue weighted by atomic mass is 10.2. The normalized spacial score (nSPS) is 12.8. The van der Waals surface area contributed by atoms with Crippen molar-refractivity contribution in [2.24, 2.45) is 0 Å². The highest BCUT2D eigenvalue weighted by atomic mass is 79.9. The van der Waals surface area contributed by atoms with Gasteiger partial charge in [-0.1, -0.05) is 29.8 Å². The lowest BCUT2D eigenvalue weighted by Gasteiger charge is -2.20. The molecule has 3 rings (SSSR count). The van der Waals surface area contributed by atoms with E-state index in [0.717, 1.165) is 10.2 Å². The van der Waals surface area contributed by atoms with Crippen molar-refractivity contribution in [1.82, 2.24) is 0 Å². The number of nitrogens with one attached hydrogen (secondary N) is 1. The van der Waals surface area contributed by atoms with Gasteiger partial charge in [0.15, 0.2) is 11.5 Å². The van der Waals surface area contributed by atoms with E-state index < -0.39 is 0 Å². The van der Waals surface area contributed by atoms with Gasteiger partial charge in [0, 0.05) is 22.4 Å². The second-order valence-electron chi connectivity index (χ2n) is 5.51. The van der Waals surface area contributed by atoms with Crippen LogP contribution in [-0.4, -0.2) is 24.9 Å². The minimum absolute atomic E-state index is 0.0370. The summed E-state index contributed by atoms with van der Waals surface area (Å²) in [6.07, 6.45) is 0. The molecule has 0 aliphatic carbocycles. The average molecular weight is 408 g/mol. The Morgan fingerprint density at radius 2 is 1.96 bits per heavy atom. The van der Waals surface area contributed by atoms with Crippen LogP contribution in [-0.2, 0) is 10.5 Å². The molecule has 1 aliphatic heterocycles. The van der Waals surface area contributed by atoms with Crippen LogP contribution in [0.2, 0.25) is 0 Å². The number of amides is 1. The molecular weight excluding hydrogens is 390 g/mol. The fraction of sp³-hybridized carbons (Fsp3) is 0.278. The molecule has 2 aromatic carbocycles. The third kappa shape index (κ3) is 4.45. The van der Waals surface area contributed by atoms with E-state index in [1.54, 1.807) is 17.8 Å². The van der Waals surface area contributed by atoms with Gasteiger partial charge in [0.25, 0.3) is 0 Å². The molecule has 0 saturated carbocycles. The Kier molecular flexibility index (Phi) is 5.68. The molecule has 0 aromatic heterocycles. The summed E-state index contributed by atoms with van der Waals surface area (Å²) < 4.78 is 11.8. The second kappa shape index (κ2) is 7.94. The number of ether oxygens (including phenoxy) is 2. The number of hydrogen-bond acceptors (Lipinski definition) is 4. The van der Waals surface area contributed by atoms with Crippen molar-refractivity contribution in [2.45, 2.75) is 12.7 Å². The number of aryl methyl sites for hydroxylation is 1. The Bertz CT molecular complexity index is 751. The van der Waals surface area contributed by atoms with Crippen molar-refractivity contribution >= 4 is 39.3 Å². The van der Waals surface area contributed by atoms with Gasteiger partial charge in [-0.3, -0.25) is 4.79 Å². The molecule has 0 saturated heterocycles. The molecular formula is C18H18BrNO3S. The molecule has 1 amide bonds. The van der Waals surface area contributed by atoms with Crippen molar-refractivity contribution < 1.29 is 14.3 Å². The van der Waals surface area contributed by atoms with Crippen molar-refractivity contribution in [1.29, 1.82) is 0 Å². The molecule has 0 atom stereocenters. The first-order chi connectivity index (χ1) is 11.6. The second-order valence-corrected chi connectivity index (χ2v) is 7.35. The van der Waals surface area contributed by atoms with Crippen molar-refractivity contribution in [3.63, 3.8) is 0 Å². The molecule has 6 heteroatoms. The minimum Gasteiger partial charge on any atom is -0.486 e. The van der Waals surface area contributed by atoms with Crippen LogP contribution in [0.25, 0.3) is 0 Å². The van der Waals surface area contributed by atoms with E-state index in [4.69, 9.17) is 9.47 Å². The highest BCUT2D eigenvalue weighted by molar-refractivity contribution is 9.10. The number of carbonyl (C=O) groups is 1. The van der Waals surface area contributed by atoms with E-state index in [0.29, 0.717) is 36.2 Å². The van der Waals surface area contributed by atoms with Gasteiger partial charge in [0.05, 0.1) is 11.4 Å². The van der Waals surface area contributed by atoms with Crippen LogP contribution in [0.5, 0.6) is 11.5 Å². The van der Waals surface area contributed by atoms with Crippen LogP contribution in [0, 0.1) is 6.92 Å². The van der Waals surface area contributed by atoms with Crippen molar-refractivity contribution in [3.05, 3.63) is 52.0 Å². The molecule has 0 fully saturated rings. The van der Waals surface area contributed by atoms with Gasteiger partial charge >= 0.3 is 0 Å². The zero-order valence-corrected chi connectivity index (χ0v) is 15.7. The maximum Gasteiger partial charge on any atom is 0.234 e. The number of hydrogen-bond donors (Lipinski definition) is 1. The van der Waals surface area contributed by atoms with Crippen LogP contribution in [0.4, 0.5) is 5.69 Å². The molecule has 0 unspecified atom stereocenters. The van der Waals surface area contributed by atoms with Crippen LogP contribution < -0.4 is 14.8 Å². The number of anilines is 1. The number of thioether (sulfide) groups is 1. The lowest BCUT2D eigenvalue weighted by molar-refractivity contribution is -0.113. The van der Waals surface area contributed by atoms with E-state index in [1.807, 2.05) is 12.1 Å². The molecule has 0 radical (unpaired) electrons. The van der Waals surface area contributed by atoms with Gasteiger partial charge in [-0.05, 0) is 28.4 Å². The van der Waals surface area contributed by atoms with Crippen molar-refractivity contribution in [2.75, 3.05) is 24.3 Å². The predicted molar refractivity (Wildman–Crippen MR) is 101 cm³/mol. The topological polar surface area (TPSA) is 47.6 Å². The number of fused-ring (bicyclic) bond motifs is 1. The third-order valence-electron chi connectivity index (χ3n) is 3.49. The monoisotopic (exact) mass is 407 g/mol. The summed E-state index contributed by atoms with van der Waals surface area (Å²) in [6, 6.07) is 11.9. The molecule has 126 valence electrons. The van der Waals surface area contributed by atoms with E-state index >= 15 is 0 Å². The molecule has 0 spiro atoms. The first kappa shape index (κ1) is 17.2. The summed E-state index contributed by atoms with van der Waals surface area (Å²) in [5.74, 6) is 2.53. The molecule has 1 aliphatic rings. The maximum absolute atomic E-state index is 12.2. The maximum atomic E-state index is 12.2. The van der Waals surface area contributed by atoms with Crippen LogP contribution in [0.1, 0.15) is 11.1 Å². The van der Waals surface area contributed by atoms with Gasteiger partial charge in [0.2, 0.25) is 5.91 Å². The largest absolute Gasteiger partial charge is 0.486 e. The van der Waals surface area contributed by atoms with Gasteiger partial charge < -0.3 is 14.8 Å². The first-order valence-electron chi connectivity index (χ1n) is 7.64. The summed E-state index contributed by atoms with van der Waals surface area (Å²) >= 11 is 5.05. The Morgan fingerprint density at radius 1 is 1.21 bits per heavy atom.